The molecule has 94 valence electrons. The normalized spacial score (nSPS) is 12.1. The molecule has 2 rings (SSSR count). The van der Waals surface area contributed by atoms with E-state index in [4.69, 9.17) is 5.11 Å². The van der Waals surface area contributed by atoms with Crippen LogP contribution in [0.25, 0.3) is 5.69 Å². The van der Waals surface area contributed by atoms with Gasteiger partial charge in [-0.25, -0.2) is 14.1 Å². The van der Waals surface area contributed by atoms with Crippen molar-refractivity contribution in [2.45, 2.75) is 13.0 Å². The Kier molecular flexibility index (Phi) is 3.22. The fourth-order valence-electron chi connectivity index (χ4n) is 1.43. The molecule has 1 aromatic carbocycles. The minimum Gasteiger partial charge on any atom is -0.480 e. The molecular formula is C11H11FN4O2. The summed E-state index contributed by atoms with van der Waals surface area (Å²) < 4.78 is 15.1. The molecule has 0 fully saturated rings. The van der Waals surface area contributed by atoms with E-state index in [2.05, 4.69) is 15.4 Å². The number of hydrogen-bond donors (Lipinski definition) is 2. The molecule has 0 saturated heterocycles. The molecule has 18 heavy (non-hydrogen) atoms. The lowest BCUT2D eigenvalue weighted by atomic mass is 10.2. The average molecular weight is 250 g/mol. The third-order valence-electron chi connectivity index (χ3n) is 2.37. The second kappa shape index (κ2) is 4.82. The van der Waals surface area contributed by atoms with E-state index in [1.54, 1.807) is 6.07 Å². The van der Waals surface area contributed by atoms with E-state index >= 15 is 0 Å². The van der Waals surface area contributed by atoms with E-state index in [-0.39, 0.29) is 5.69 Å². The average Bonchev–Trinajstić information content (AvgIpc) is 2.82. The van der Waals surface area contributed by atoms with E-state index < -0.39 is 17.8 Å². The Labute approximate surface area is 102 Å². The molecule has 2 aromatic rings. The molecule has 0 radical (unpaired) electrons. The minimum atomic E-state index is -1.00. The van der Waals surface area contributed by atoms with Gasteiger partial charge in [0.25, 0.3) is 0 Å². The lowest BCUT2D eigenvalue weighted by molar-refractivity contribution is -0.137. The first-order valence-electron chi connectivity index (χ1n) is 5.22. The van der Waals surface area contributed by atoms with Gasteiger partial charge in [-0.2, -0.15) is 5.10 Å². The highest BCUT2D eigenvalue weighted by Crippen LogP contribution is 2.17. The van der Waals surface area contributed by atoms with Crippen LogP contribution >= 0.6 is 0 Å². The van der Waals surface area contributed by atoms with Crippen LogP contribution in [0, 0.1) is 5.82 Å². The van der Waals surface area contributed by atoms with Crippen LogP contribution in [0.3, 0.4) is 0 Å². The van der Waals surface area contributed by atoms with Crippen LogP contribution in [0.2, 0.25) is 0 Å². The molecule has 0 aliphatic heterocycles. The SMILES string of the molecule is CC(Nc1ccc(-n2cncn2)c(F)c1)C(=O)O. The van der Waals surface area contributed by atoms with Gasteiger partial charge in [0.2, 0.25) is 0 Å². The lowest BCUT2D eigenvalue weighted by Gasteiger charge is -2.11. The standard InChI is InChI=1S/C11H11FN4O2/c1-7(11(17)18)15-8-2-3-10(9(12)4-8)16-6-13-5-14-16/h2-7,15H,1H3,(H,17,18). The summed E-state index contributed by atoms with van der Waals surface area (Å²) in [5.74, 6) is -1.51. The number of nitrogens with one attached hydrogen (secondary N) is 1. The number of hydrogen-bond acceptors (Lipinski definition) is 4. The maximum absolute atomic E-state index is 13.8. The Hall–Kier alpha value is -2.44. The molecule has 6 nitrogen and oxygen atoms in total. The topological polar surface area (TPSA) is 80.0 Å². The van der Waals surface area contributed by atoms with Crippen molar-refractivity contribution >= 4 is 11.7 Å². The molecule has 7 heteroatoms. The monoisotopic (exact) mass is 250 g/mol. The number of halogens is 1. The predicted octanol–water partition coefficient (Wildman–Crippen LogP) is 1.29. The van der Waals surface area contributed by atoms with Crippen molar-refractivity contribution in [3.63, 3.8) is 0 Å². The van der Waals surface area contributed by atoms with Gasteiger partial charge in [0.05, 0.1) is 0 Å². The number of nitrogens with zero attached hydrogens (tertiary/aromatic N) is 3. The molecular weight excluding hydrogens is 239 g/mol. The number of aliphatic carboxylic acids is 1. The van der Waals surface area contributed by atoms with Gasteiger partial charge < -0.3 is 10.4 Å². The summed E-state index contributed by atoms with van der Waals surface area (Å²) in [6, 6.07) is 3.51. The number of carboxylic acids is 1. The largest absolute Gasteiger partial charge is 0.480 e. The van der Waals surface area contributed by atoms with Gasteiger partial charge in [-0.1, -0.05) is 0 Å². The van der Waals surface area contributed by atoms with Crippen LogP contribution in [0.15, 0.2) is 30.9 Å². The van der Waals surface area contributed by atoms with E-state index in [0.717, 1.165) is 0 Å². The Bertz CT molecular complexity index is 556. The maximum atomic E-state index is 13.8. The second-order valence-electron chi connectivity index (χ2n) is 3.71. The Morgan fingerprint density at radius 3 is 2.89 bits per heavy atom. The van der Waals surface area contributed by atoms with Crippen molar-refractivity contribution in [3.05, 3.63) is 36.7 Å². The van der Waals surface area contributed by atoms with Gasteiger partial charge in [-0.15, -0.1) is 0 Å². The summed E-state index contributed by atoms with van der Waals surface area (Å²) >= 11 is 0. The maximum Gasteiger partial charge on any atom is 0.325 e. The number of anilines is 1. The highest BCUT2D eigenvalue weighted by molar-refractivity contribution is 5.76. The van der Waals surface area contributed by atoms with Gasteiger partial charge in [0.15, 0.2) is 5.82 Å². The number of carboxylic acid groups (broad SMARTS) is 1. The number of aromatic nitrogens is 3. The van der Waals surface area contributed by atoms with Crippen molar-refractivity contribution < 1.29 is 14.3 Å². The van der Waals surface area contributed by atoms with Crippen LogP contribution < -0.4 is 5.32 Å². The summed E-state index contributed by atoms with van der Waals surface area (Å²) in [6.07, 6.45) is 2.68. The van der Waals surface area contributed by atoms with Crippen LogP contribution in [-0.4, -0.2) is 31.9 Å². The smallest absolute Gasteiger partial charge is 0.325 e. The summed E-state index contributed by atoms with van der Waals surface area (Å²) in [5.41, 5.74) is 0.646. The predicted molar refractivity (Wildman–Crippen MR) is 62.0 cm³/mol. The van der Waals surface area contributed by atoms with Gasteiger partial charge in [-0.05, 0) is 25.1 Å². The third-order valence-corrected chi connectivity index (χ3v) is 2.37. The van der Waals surface area contributed by atoms with Crippen molar-refractivity contribution in [1.82, 2.24) is 14.8 Å². The van der Waals surface area contributed by atoms with Gasteiger partial charge in [-0.3, -0.25) is 4.79 Å². The van der Waals surface area contributed by atoms with Gasteiger partial charge in [0.1, 0.15) is 24.4 Å². The minimum absolute atomic E-state index is 0.251. The summed E-state index contributed by atoms with van der Waals surface area (Å²) in [5, 5.41) is 15.2. The number of carbonyl (C=O) groups is 1. The summed E-state index contributed by atoms with van der Waals surface area (Å²) in [7, 11) is 0. The number of benzene rings is 1. The van der Waals surface area contributed by atoms with Crippen LogP contribution in [0.4, 0.5) is 10.1 Å². The molecule has 1 atom stereocenters. The molecule has 2 N–H and O–H groups in total. The Balaban J connectivity index is 2.23. The lowest BCUT2D eigenvalue weighted by Crippen LogP contribution is -2.25. The fourth-order valence-corrected chi connectivity index (χ4v) is 1.43. The quantitative estimate of drug-likeness (QED) is 0.854. The van der Waals surface area contributed by atoms with Crippen molar-refractivity contribution in [1.29, 1.82) is 0 Å². The molecule has 0 aliphatic carbocycles. The van der Waals surface area contributed by atoms with E-state index in [1.807, 2.05) is 0 Å². The first-order chi connectivity index (χ1) is 8.58. The molecule has 0 aliphatic rings. The van der Waals surface area contributed by atoms with E-state index in [1.165, 1.54) is 36.4 Å². The summed E-state index contributed by atoms with van der Waals surface area (Å²) in [4.78, 5) is 14.4. The highest BCUT2D eigenvalue weighted by Gasteiger charge is 2.12. The molecule has 0 amide bonds. The van der Waals surface area contributed by atoms with Crippen LogP contribution in [-0.2, 0) is 4.79 Å². The van der Waals surface area contributed by atoms with Gasteiger partial charge in [0, 0.05) is 5.69 Å². The van der Waals surface area contributed by atoms with E-state index in [9.17, 15) is 9.18 Å². The van der Waals surface area contributed by atoms with Crippen molar-refractivity contribution in [2.24, 2.45) is 0 Å². The second-order valence-corrected chi connectivity index (χ2v) is 3.71. The van der Waals surface area contributed by atoms with Crippen LogP contribution in [0.5, 0.6) is 0 Å². The zero-order chi connectivity index (χ0) is 13.1. The first kappa shape index (κ1) is 12.0. The molecule has 1 unspecified atom stereocenters. The van der Waals surface area contributed by atoms with Crippen molar-refractivity contribution in [2.75, 3.05) is 5.32 Å². The fraction of sp³-hybridized carbons (Fsp3) is 0.182. The first-order valence-corrected chi connectivity index (χ1v) is 5.22. The molecule has 1 heterocycles. The van der Waals surface area contributed by atoms with Crippen molar-refractivity contribution in [3.8, 4) is 5.69 Å². The molecule has 0 bridgehead atoms. The van der Waals surface area contributed by atoms with Gasteiger partial charge >= 0.3 is 5.97 Å². The zero-order valence-corrected chi connectivity index (χ0v) is 9.54. The number of rotatable bonds is 4. The summed E-state index contributed by atoms with van der Waals surface area (Å²) in [6.45, 7) is 1.48. The molecule has 0 saturated carbocycles. The highest BCUT2D eigenvalue weighted by atomic mass is 19.1. The Morgan fingerprint density at radius 2 is 2.33 bits per heavy atom. The van der Waals surface area contributed by atoms with E-state index in [0.29, 0.717) is 5.69 Å². The third kappa shape index (κ3) is 2.45. The van der Waals surface area contributed by atoms with Crippen LogP contribution in [0.1, 0.15) is 6.92 Å². The molecule has 0 spiro atoms. The Morgan fingerprint density at radius 1 is 1.56 bits per heavy atom. The molecule has 1 aromatic heterocycles. The zero-order valence-electron chi connectivity index (χ0n) is 9.54.